The Labute approximate surface area is 248 Å². The van der Waals surface area contributed by atoms with Gasteiger partial charge in [0, 0.05) is 37.1 Å². The van der Waals surface area contributed by atoms with Crippen LogP contribution in [0.2, 0.25) is 0 Å². The van der Waals surface area contributed by atoms with Gasteiger partial charge in [-0.1, -0.05) is 31.4 Å². The summed E-state index contributed by atoms with van der Waals surface area (Å²) in [6, 6.07) is 9.99. The van der Waals surface area contributed by atoms with E-state index >= 15 is 0 Å². The number of fused-ring (bicyclic) bond motifs is 1. The zero-order valence-electron chi connectivity index (χ0n) is 24.9. The van der Waals surface area contributed by atoms with Crippen LogP contribution in [0.15, 0.2) is 30.3 Å². The zero-order chi connectivity index (χ0) is 30.2. The van der Waals surface area contributed by atoms with Crippen molar-refractivity contribution in [3.05, 3.63) is 47.0 Å². The van der Waals surface area contributed by atoms with Gasteiger partial charge in [0.15, 0.2) is 5.78 Å². The van der Waals surface area contributed by atoms with Crippen molar-refractivity contribution in [1.29, 1.82) is 0 Å². The fourth-order valence-corrected chi connectivity index (χ4v) is 6.91. The van der Waals surface area contributed by atoms with E-state index in [1.807, 2.05) is 18.2 Å². The highest BCUT2D eigenvalue weighted by Gasteiger charge is 2.35. The van der Waals surface area contributed by atoms with E-state index in [2.05, 4.69) is 11.4 Å². The number of Topliss-reactive ketones (excluding diaryl/α,β-unsaturated/α-hetero) is 3. The van der Waals surface area contributed by atoms with Crippen LogP contribution in [0.25, 0.3) is 11.1 Å². The van der Waals surface area contributed by atoms with E-state index in [-0.39, 0.29) is 60.8 Å². The minimum Gasteiger partial charge on any atom is -0.507 e. The highest BCUT2D eigenvalue weighted by molar-refractivity contribution is 6.03. The first-order valence-corrected chi connectivity index (χ1v) is 15.3. The number of aliphatic hydroxyl groups excluding tert-OH is 2. The van der Waals surface area contributed by atoms with Crippen molar-refractivity contribution < 1.29 is 34.4 Å². The Morgan fingerprint density at radius 3 is 2.48 bits per heavy atom. The summed E-state index contributed by atoms with van der Waals surface area (Å²) < 4.78 is 5.74. The Bertz CT molecular complexity index is 1270. The number of aliphatic hydroxyl groups is 2. The first-order valence-electron chi connectivity index (χ1n) is 15.3. The van der Waals surface area contributed by atoms with Crippen LogP contribution in [0.1, 0.15) is 86.2 Å². The molecule has 2 aromatic rings. The number of carbonyl (C=O) groups is 3. The molecule has 4 rings (SSSR count). The van der Waals surface area contributed by atoms with E-state index in [0.29, 0.717) is 30.2 Å². The van der Waals surface area contributed by atoms with Gasteiger partial charge in [-0.15, -0.1) is 0 Å². The molecule has 3 unspecified atom stereocenters. The molecule has 8 heteroatoms. The van der Waals surface area contributed by atoms with Crippen LogP contribution in [0, 0.1) is 17.8 Å². The summed E-state index contributed by atoms with van der Waals surface area (Å²) in [5.41, 5.74) is 3.84. The lowest BCUT2D eigenvalue weighted by molar-refractivity contribution is -0.131. The van der Waals surface area contributed by atoms with E-state index in [1.54, 1.807) is 13.2 Å². The number of benzene rings is 2. The maximum Gasteiger partial charge on any atom is 0.167 e. The summed E-state index contributed by atoms with van der Waals surface area (Å²) in [6.45, 7) is 1.48. The highest BCUT2D eigenvalue weighted by atomic mass is 16.5. The number of aromatic hydroxyl groups is 1. The van der Waals surface area contributed by atoms with Gasteiger partial charge in [0.25, 0.3) is 0 Å². The molecule has 0 aliphatic heterocycles. The standard InChI is InChI=1S/C34H45NO7/c1-21(38)14-31(40)29(20-37)24(12-13-36)15-23-17-28-26(9-10-30(39)34(28)32(41)18-23)27-16-22(8-11-33(27)42-2)19-35-25-6-4-3-5-7-25/h8-11,16,23-25,29,35-37,39H,3-7,12-15,17-20H2,1-2H3. The van der Waals surface area contributed by atoms with Crippen molar-refractivity contribution in [2.24, 2.45) is 17.8 Å². The quantitative estimate of drug-likeness (QED) is 0.235. The molecule has 4 N–H and O–H groups in total. The average molecular weight is 580 g/mol. The van der Waals surface area contributed by atoms with Gasteiger partial charge in [-0.3, -0.25) is 14.4 Å². The molecule has 42 heavy (non-hydrogen) atoms. The summed E-state index contributed by atoms with van der Waals surface area (Å²) in [5, 5.41) is 34.2. The van der Waals surface area contributed by atoms with Crippen molar-refractivity contribution in [3.63, 3.8) is 0 Å². The number of phenolic OH excluding ortho intramolecular Hbond substituents is 1. The van der Waals surface area contributed by atoms with Crippen molar-refractivity contribution in [1.82, 2.24) is 5.32 Å². The molecule has 0 spiro atoms. The van der Waals surface area contributed by atoms with E-state index in [4.69, 9.17) is 4.74 Å². The first-order chi connectivity index (χ1) is 20.2. The van der Waals surface area contributed by atoms with Crippen LogP contribution < -0.4 is 10.1 Å². The first kappa shape index (κ1) is 31.9. The molecule has 8 nitrogen and oxygen atoms in total. The number of rotatable bonds is 14. The molecule has 3 atom stereocenters. The molecular formula is C34H45NO7. The molecule has 0 bridgehead atoms. The second kappa shape index (κ2) is 14.9. The number of phenols is 1. The van der Waals surface area contributed by atoms with Crippen molar-refractivity contribution in [2.45, 2.75) is 83.7 Å². The van der Waals surface area contributed by atoms with Gasteiger partial charge >= 0.3 is 0 Å². The highest BCUT2D eigenvalue weighted by Crippen LogP contribution is 2.43. The maximum atomic E-state index is 13.4. The molecule has 228 valence electrons. The zero-order valence-corrected chi connectivity index (χ0v) is 24.9. The third kappa shape index (κ3) is 7.65. The predicted octanol–water partition coefficient (Wildman–Crippen LogP) is 4.78. The van der Waals surface area contributed by atoms with Gasteiger partial charge in [0.2, 0.25) is 0 Å². The topological polar surface area (TPSA) is 133 Å². The second-order valence-corrected chi connectivity index (χ2v) is 12.1. The third-order valence-electron chi connectivity index (χ3n) is 9.03. The fraction of sp³-hybridized carbons (Fsp3) is 0.559. The molecule has 0 amide bonds. The molecule has 0 radical (unpaired) electrons. The summed E-state index contributed by atoms with van der Waals surface area (Å²) in [5.74, 6) is -1.49. The van der Waals surface area contributed by atoms with Crippen LogP contribution in [-0.2, 0) is 22.6 Å². The Morgan fingerprint density at radius 2 is 1.81 bits per heavy atom. The van der Waals surface area contributed by atoms with Crippen molar-refractivity contribution >= 4 is 17.3 Å². The summed E-state index contributed by atoms with van der Waals surface area (Å²) >= 11 is 0. The Kier molecular flexibility index (Phi) is 11.3. The van der Waals surface area contributed by atoms with E-state index in [9.17, 15) is 29.7 Å². The van der Waals surface area contributed by atoms with Crippen LogP contribution in [0.4, 0.5) is 0 Å². The van der Waals surface area contributed by atoms with Gasteiger partial charge in [-0.05, 0) is 85.8 Å². The van der Waals surface area contributed by atoms with E-state index in [0.717, 1.165) is 28.8 Å². The number of nitrogens with one attached hydrogen (secondary N) is 1. The van der Waals surface area contributed by atoms with Crippen LogP contribution in [0.3, 0.4) is 0 Å². The molecule has 2 aliphatic rings. The monoisotopic (exact) mass is 579 g/mol. The molecule has 0 aromatic heterocycles. The molecule has 2 aromatic carbocycles. The molecule has 1 saturated carbocycles. The number of ether oxygens (including phenoxy) is 1. The SMILES string of the molecule is COc1ccc(CNC2CCCCC2)cc1-c1ccc(O)c2c1CC(CC(CCO)C(CO)C(=O)CC(C)=O)CC2=O. The van der Waals surface area contributed by atoms with Crippen LogP contribution >= 0.6 is 0 Å². The maximum absolute atomic E-state index is 13.4. The summed E-state index contributed by atoms with van der Waals surface area (Å²) in [7, 11) is 1.62. The summed E-state index contributed by atoms with van der Waals surface area (Å²) in [6.07, 6.45) is 7.30. The Balaban J connectivity index is 1.63. The molecular weight excluding hydrogens is 534 g/mol. The van der Waals surface area contributed by atoms with Gasteiger partial charge < -0.3 is 25.4 Å². The van der Waals surface area contributed by atoms with E-state index in [1.165, 1.54) is 39.0 Å². The third-order valence-corrected chi connectivity index (χ3v) is 9.03. The number of methoxy groups -OCH3 is 1. The fourth-order valence-electron chi connectivity index (χ4n) is 6.91. The van der Waals surface area contributed by atoms with E-state index < -0.39 is 12.5 Å². The van der Waals surface area contributed by atoms with Crippen LogP contribution in [0.5, 0.6) is 11.5 Å². The largest absolute Gasteiger partial charge is 0.507 e. The lowest BCUT2D eigenvalue weighted by Gasteiger charge is -2.32. The van der Waals surface area contributed by atoms with Gasteiger partial charge in [-0.25, -0.2) is 0 Å². The van der Waals surface area contributed by atoms with Gasteiger partial charge in [0.05, 0.1) is 25.7 Å². The normalized spacial score (nSPS) is 18.8. The number of ketones is 3. The minimum absolute atomic E-state index is 0.0527. The average Bonchev–Trinajstić information content (AvgIpc) is 2.96. The predicted molar refractivity (Wildman–Crippen MR) is 161 cm³/mol. The number of hydrogen-bond acceptors (Lipinski definition) is 8. The molecule has 0 saturated heterocycles. The number of carbonyl (C=O) groups excluding carboxylic acids is 3. The molecule has 0 heterocycles. The minimum atomic E-state index is -0.783. The number of hydrogen-bond donors (Lipinski definition) is 4. The van der Waals surface area contributed by atoms with Crippen molar-refractivity contribution in [3.8, 4) is 22.6 Å². The van der Waals surface area contributed by atoms with Crippen molar-refractivity contribution in [2.75, 3.05) is 20.3 Å². The van der Waals surface area contributed by atoms with Gasteiger partial charge in [0.1, 0.15) is 23.1 Å². The second-order valence-electron chi connectivity index (χ2n) is 12.1. The lowest BCUT2D eigenvalue weighted by Crippen LogP contribution is -2.32. The van der Waals surface area contributed by atoms with Crippen LogP contribution in [-0.4, -0.2) is 59.0 Å². The Morgan fingerprint density at radius 1 is 1.05 bits per heavy atom. The molecule has 1 fully saturated rings. The lowest BCUT2D eigenvalue weighted by atomic mass is 9.72. The summed E-state index contributed by atoms with van der Waals surface area (Å²) in [4.78, 5) is 37.8. The van der Waals surface area contributed by atoms with Gasteiger partial charge in [-0.2, -0.15) is 0 Å². The molecule has 2 aliphatic carbocycles. The Hall–Kier alpha value is -3.07. The smallest absolute Gasteiger partial charge is 0.167 e.